The van der Waals surface area contributed by atoms with Gasteiger partial charge in [-0.3, -0.25) is 0 Å². The topological polar surface area (TPSA) is 52.6 Å². The van der Waals surface area contributed by atoms with Gasteiger partial charge in [0, 0.05) is 55.5 Å². The molecule has 2 aromatic carbocycles. The standard InChI is InChI=1S/C26H28O4S6/c1-3-23(27)29-11-17-13-33-25(35-17)15-31-21-9-5-8-20-19(21)7-6-10-22(20)32-16-26-34-14-18(36-26)12-30-24(28)4-2/h3-10,17-18,25-26H,1-2,11-16H2. The van der Waals surface area contributed by atoms with Crippen molar-refractivity contribution in [1.82, 2.24) is 0 Å². The number of hydrogen-bond acceptors (Lipinski definition) is 10. The zero-order valence-electron chi connectivity index (χ0n) is 19.7. The van der Waals surface area contributed by atoms with Crippen LogP contribution in [0.15, 0.2) is 71.5 Å². The molecule has 2 saturated heterocycles. The van der Waals surface area contributed by atoms with Crippen LogP contribution in [0.1, 0.15) is 0 Å². The zero-order valence-corrected chi connectivity index (χ0v) is 24.6. The average Bonchev–Trinajstić information content (AvgIpc) is 3.57. The lowest BCUT2D eigenvalue weighted by molar-refractivity contribution is -0.138. The van der Waals surface area contributed by atoms with E-state index in [1.807, 2.05) is 70.6 Å². The third-order valence-corrected chi connectivity index (χ3v) is 15.0. The number of carbonyl (C=O) groups is 2. The van der Waals surface area contributed by atoms with Crippen molar-refractivity contribution in [3.63, 3.8) is 0 Å². The summed E-state index contributed by atoms with van der Waals surface area (Å²) in [7, 11) is 0. The fraction of sp³-hybridized carbons (Fsp3) is 0.385. The summed E-state index contributed by atoms with van der Waals surface area (Å²) in [4.78, 5) is 25.3. The number of ether oxygens (including phenoxy) is 2. The number of rotatable bonds is 12. The highest BCUT2D eigenvalue weighted by molar-refractivity contribution is 8.22. The van der Waals surface area contributed by atoms with E-state index in [1.54, 1.807) is 0 Å². The molecule has 0 amide bonds. The predicted octanol–water partition coefficient (Wildman–Crippen LogP) is 6.83. The van der Waals surface area contributed by atoms with Crippen LogP contribution in [-0.4, -0.2) is 67.8 Å². The van der Waals surface area contributed by atoms with Gasteiger partial charge in [0.25, 0.3) is 0 Å². The first-order chi connectivity index (χ1) is 17.6. The Bertz CT molecular complexity index is 1010. The fourth-order valence-electron chi connectivity index (χ4n) is 3.65. The van der Waals surface area contributed by atoms with E-state index in [1.165, 1.54) is 32.7 Å². The number of carbonyl (C=O) groups excluding carboxylic acids is 2. The molecule has 4 unspecified atom stereocenters. The van der Waals surface area contributed by atoms with E-state index in [4.69, 9.17) is 9.47 Å². The lowest BCUT2D eigenvalue weighted by Crippen LogP contribution is -2.14. The minimum absolute atomic E-state index is 0.346. The number of esters is 2. The summed E-state index contributed by atoms with van der Waals surface area (Å²) in [5.74, 6) is 3.36. The molecule has 2 aliphatic heterocycles. The second-order valence-electron chi connectivity index (χ2n) is 7.94. The molecule has 0 radical (unpaired) electrons. The highest BCUT2D eigenvalue weighted by Gasteiger charge is 2.28. The molecule has 10 heteroatoms. The molecule has 0 aliphatic carbocycles. The Kier molecular flexibility index (Phi) is 11.3. The van der Waals surface area contributed by atoms with Crippen molar-refractivity contribution < 1.29 is 19.1 Å². The highest BCUT2D eigenvalue weighted by atomic mass is 32.2. The first-order valence-electron chi connectivity index (χ1n) is 11.5. The van der Waals surface area contributed by atoms with Crippen LogP contribution in [0.3, 0.4) is 0 Å². The minimum atomic E-state index is -0.346. The van der Waals surface area contributed by atoms with Crippen LogP contribution in [0.2, 0.25) is 0 Å². The molecule has 2 fully saturated rings. The van der Waals surface area contributed by atoms with E-state index in [-0.39, 0.29) is 11.9 Å². The predicted molar refractivity (Wildman–Crippen MR) is 163 cm³/mol. The smallest absolute Gasteiger partial charge is 0.330 e. The van der Waals surface area contributed by atoms with Gasteiger partial charge in [0.1, 0.15) is 13.2 Å². The Labute approximate surface area is 238 Å². The molecular formula is C26H28O4S6. The lowest BCUT2D eigenvalue weighted by atomic mass is 10.1. The Hall–Kier alpha value is -0.780. The van der Waals surface area contributed by atoms with E-state index < -0.39 is 0 Å². The number of thioether (sulfide) groups is 6. The Morgan fingerprint density at radius 3 is 1.67 bits per heavy atom. The van der Waals surface area contributed by atoms with Gasteiger partial charge in [-0.1, -0.05) is 37.4 Å². The van der Waals surface area contributed by atoms with Crippen molar-refractivity contribution in [1.29, 1.82) is 0 Å². The van der Waals surface area contributed by atoms with Crippen LogP contribution < -0.4 is 0 Å². The average molecular weight is 597 g/mol. The van der Waals surface area contributed by atoms with Crippen molar-refractivity contribution in [2.24, 2.45) is 0 Å². The minimum Gasteiger partial charge on any atom is -0.461 e. The van der Waals surface area contributed by atoms with Crippen LogP contribution in [-0.2, 0) is 19.1 Å². The zero-order chi connectivity index (χ0) is 25.3. The van der Waals surface area contributed by atoms with Gasteiger partial charge in [0.2, 0.25) is 0 Å². The van der Waals surface area contributed by atoms with Gasteiger partial charge in [0.15, 0.2) is 0 Å². The van der Waals surface area contributed by atoms with Crippen molar-refractivity contribution in [2.75, 3.05) is 36.2 Å². The van der Waals surface area contributed by atoms with Gasteiger partial charge in [-0.25, -0.2) is 9.59 Å². The number of fused-ring (bicyclic) bond motifs is 1. The summed E-state index contributed by atoms with van der Waals surface area (Å²) >= 11 is 11.5. The molecule has 2 heterocycles. The normalized spacial score (nSPS) is 23.4. The molecule has 0 aromatic heterocycles. The Morgan fingerprint density at radius 1 is 0.806 bits per heavy atom. The largest absolute Gasteiger partial charge is 0.461 e. The molecule has 36 heavy (non-hydrogen) atoms. The lowest BCUT2D eigenvalue weighted by Gasteiger charge is -2.14. The monoisotopic (exact) mass is 596 g/mol. The second-order valence-corrected chi connectivity index (χ2v) is 16.1. The summed E-state index contributed by atoms with van der Waals surface area (Å²) in [6.07, 6.45) is 2.44. The summed E-state index contributed by atoms with van der Waals surface area (Å²) in [5.41, 5.74) is 0. The van der Waals surface area contributed by atoms with Gasteiger partial charge in [-0.15, -0.1) is 70.6 Å². The van der Waals surface area contributed by atoms with Gasteiger partial charge in [-0.2, -0.15) is 0 Å². The Balaban J connectivity index is 1.29. The second kappa shape index (κ2) is 14.4. The van der Waals surface area contributed by atoms with Crippen LogP contribution in [0.4, 0.5) is 0 Å². The van der Waals surface area contributed by atoms with Gasteiger partial charge in [-0.05, 0) is 22.9 Å². The molecular weight excluding hydrogens is 569 g/mol. The summed E-state index contributed by atoms with van der Waals surface area (Å²) < 4.78 is 11.4. The molecule has 4 atom stereocenters. The fourth-order valence-corrected chi connectivity index (χ4v) is 12.9. The summed E-state index contributed by atoms with van der Waals surface area (Å²) in [6, 6.07) is 13.2. The molecule has 192 valence electrons. The Morgan fingerprint density at radius 2 is 1.25 bits per heavy atom. The SMILES string of the molecule is C=CC(=O)OCC1CSC(CSc2cccc3c(SCC4SCC(COC(=O)C=C)S4)cccc23)S1. The van der Waals surface area contributed by atoms with Crippen molar-refractivity contribution >= 4 is 93.3 Å². The third-order valence-electron chi connectivity index (χ3n) is 5.37. The molecule has 0 bridgehead atoms. The van der Waals surface area contributed by atoms with Crippen LogP contribution in [0.25, 0.3) is 10.8 Å². The van der Waals surface area contributed by atoms with Crippen molar-refractivity contribution in [3.8, 4) is 0 Å². The molecule has 4 nitrogen and oxygen atoms in total. The maximum absolute atomic E-state index is 11.3. The number of hydrogen-bond donors (Lipinski definition) is 0. The van der Waals surface area contributed by atoms with Gasteiger partial charge >= 0.3 is 11.9 Å². The van der Waals surface area contributed by atoms with E-state index in [0.717, 1.165) is 23.0 Å². The van der Waals surface area contributed by atoms with Crippen molar-refractivity contribution in [2.45, 2.75) is 29.5 Å². The quantitative estimate of drug-likeness (QED) is 0.148. The molecule has 0 saturated carbocycles. The van der Waals surface area contributed by atoms with E-state index >= 15 is 0 Å². The first-order valence-corrected chi connectivity index (χ1v) is 17.4. The van der Waals surface area contributed by atoms with E-state index in [9.17, 15) is 9.59 Å². The first kappa shape index (κ1) is 28.2. The summed E-state index contributed by atoms with van der Waals surface area (Å²) in [6.45, 7) is 7.82. The summed E-state index contributed by atoms with van der Waals surface area (Å²) in [5, 5.41) is 3.30. The maximum Gasteiger partial charge on any atom is 0.330 e. The van der Waals surface area contributed by atoms with Crippen molar-refractivity contribution in [3.05, 3.63) is 61.7 Å². The molecule has 0 spiro atoms. The molecule has 2 aliphatic rings. The highest BCUT2D eigenvalue weighted by Crippen LogP contribution is 2.44. The van der Waals surface area contributed by atoms with E-state index in [2.05, 4.69) is 49.6 Å². The van der Waals surface area contributed by atoms with Gasteiger partial charge in [0.05, 0.1) is 9.16 Å². The molecule has 4 rings (SSSR count). The maximum atomic E-state index is 11.3. The van der Waals surface area contributed by atoms with Crippen LogP contribution in [0, 0.1) is 0 Å². The van der Waals surface area contributed by atoms with Crippen LogP contribution in [0.5, 0.6) is 0 Å². The van der Waals surface area contributed by atoms with E-state index in [0.29, 0.717) is 32.9 Å². The molecule has 0 N–H and O–H groups in total. The van der Waals surface area contributed by atoms with Gasteiger partial charge < -0.3 is 9.47 Å². The molecule has 2 aromatic rings. The third kappa shape index (κ3) is 8.11. The van der Waals surface area contributed by atoms with Crippen LogP contribution >= 0.6 is 70.6 Å². The number of benzene rings is 2.